The topological polar surface area (TPSA) is 20.2 Å². The molecule has 0 heterocycles. The maximum absolute atomic E-state index is 9.20. The number of aliphatic hydroxyl groups excluding tert-OH is 1. The van der Waals surface area contributed by atoms with Crippen LogP contribution in [0.15, 0.2) is 0 Å². The minimum Gasteiger partial charge on any atom is -0.396 e. The summed E-state index contributed by atoms with van der Waals surface area (Å²) < 4.78 is 0. The second-order valence-corrected chi connectivity index (χ2v) is 4.23. The van der Waals surface area contributed by atoms with Crippen molar-refractivity contribution < 1.29 is 5.11 Å². The molecule has 2 bridgehead atoms. The van der Waals surface area contributed by atoms with Gasteiger partial charge >= 0.3 is 0 Å². The Bertz CT molecular complexity index is 119. The van der Waals surface area contributed by atoms with Gasteiger partial charge in [0.15, 0.2) is 0 Å². The van der Waals surface area contributed by atoms with E-state index < -0.39 is 0 Å². The molecule has 1 heteroatoms. The minimum atomic E-state index is 0.454. The third kappa shape index (κ3) is 1.31. The molecule has 2 fully saturated rings. The van der Waals surface area contributed by atoms with E-state index in [-0.39, 0.29) is 0 Å². The van der Waals surface area contributed by atoms with E-state index in [2.05, 4.69) is 0 Å². The van der Waals surface area contributed by atoms with Gasteiger partial charge in [0.25, 0.3) is 0 Å². The maximum Gasteiger partial charge on any atom is 0.0464 e. The zero-order valence-corrected chi connectivity index (χ0v) is 7.13. The molecule has 2 aliphatic rings. The van der Waals surface area contributed by atoms with Crippen molar-refractivity contribution >= 4 is 0 Å². The molecule has 0 aromatic heterocycles. The molecule has 1 nitrogen and oxygen atoms in total. The van der Waals surface area contributed by atoms with E-state index in [0.717, 1.165) is 11.8 Å². The number of aliphatic hydroxyl groups is 1. The van der Waals surface area contributed by atoms with Gasteiger partial charge in [0.1, 0.15) is 0 Å². The summed E-state index contributed by atoms with van der Waals surface area (Å²) in [6.45, 7) is 0.454. The van der Waals surface area contributed by atoms with Gasteiger partial charge in [-0.15, -0.1) is 0 Å². The lowest BCUT2D eigenvalue weighted by atomic mass is 9.89. The Kier molecular flexibility index (Phi) is 2.17. The molecular formula is C10H18O. The van der Waals surface area contributed by atoms with Gasteiger partial charge < -0.3 is 5.11 Å². The lowest BCUT2D eigenvalue weighted by Crippen LogP contribution is -2.16. The molecule has 0 spiro atoms. The van der Waals surface area contributed by atoms with Gasteiger partial charge in [-0.3, -0.25) is 0 Å². The van der Waals surface area contributed by atoms with Gasteiger partial charge in [-0.05, 0) is 30.6 Å². The number of hydrogen-bond donors (Lipinski definition) is 1. The van der Waals surface area contributed by atoms with Crippen LogP contribution in [0.4, 0.5) is 0 Å². The Morgan fingerprint density at radius 3 is 1.91 bits per heavy atom. The third-order valence-corrected chi connectivity index (χ3v) is 3.73. The fourth-order valence-electron chi connectivity index (χ4n) is 3.07. The summed E-state index contributed by atoms with van der Waals surface area (Å²) >= 11 is 0. The highest BCUT2D eigenvalue weighted by Gasteiger charge is 2.36. The first-order valence-corrected chi connectivity index (χ1v) is 5.02. The maximum atomic E-state index is 9.20. The molecule has 64 valence electrons. The Balaban J connectivity index is 2.06. The number of fused-ring (bicyclic) bond motifs is 2. The Morgan fingerprint density at radius 2 is 1.45 bits per heavy atom. The van der Waals surface area contributed by atoms with Gasteiger partial charge in [-0.1, -0.05) is 25.7 Å². The van der Waals surface area contributed by atoms with E-state index in [1.807, 2.05) is 0 Å². The van der Waals surface area contributed by atoms with Crippen molar-refractivity contribution in [3.63, 3.8) is 0 Å². The monoisotopic (exact) mass is 154 g/mol. The van der Waals surface area contributed by atoms with E-state index in [4.69, 9.17) is 0 Å². The normalized spacial score (nSPS) is 43.9. The fraction of sp³-hybridized carbons (Fsp3) is 1.00. The van der Waals surface area contributed by atoms with Crippen LogP contribution in [0.1, 0.15) is 38.5 Å². The quantitative estimate of drug-likeness (QED) is 0.614. The molecule has 1 N–H and O–H groups in total. The highest BCUT2D eigenvalue weighted by molar-refractivity contribution is 4.86. The molecule has 0 radical (unpaired) electrons. The van der Waals surface area contributed by atoms with Crippen LogP contribution in [-0.2, 0) is 0 Å². The van der Waals surface area contributed by atoms with Gasteiger partial charge in [0.05, 0.1) is 0 Å². The standard InChI is InChI=1S/C10H18O/c11-7-10-8-3-1-2-4-9(10)6-5-8/h8-11H,1-7H2. The van der Waals surface area contributed by atoms with Crippen LogP contribution in [-0.4, -0.2) is 11.7 Å². The lowest BCUT2D eigenvalue weighted by Gasteiger charge is -2.18. The summed E-state index contributed by atoms with van der Waals surface area (Å²) in [4.78, 5) is 0. The lowest BCUT2D eigenvalue weighted by molar-refractivity contribution is 0.162. The average Bonchev–Trinajstić information content (AvgIpc) is 2.23. The van der Waals surface area contributed by atoms with Crippen molar-refractivity contribution in [2.75, 3.05) is 6.61 Å². The average molecular weight is 154 g/mol. The van der Waals surface area contributed by atoms with Crippen LogP contribution in [0, 0.1) is 17.8 Å². The SMILES string of the molecule is OCC1C2CCCCC1CC2. The second kappa shape index (κ2) is 3.14. The Labute approximate surface area is 68.8 Å². The predicted molar refractivity (Wildman–Crippen MR) is 45.3 cm³/mol. The van der Waals surface area contributed by atoms with Crippen molar-refractivity contribution in [1.82, 2.24) is 0 Å². The van der Waals surface area contributed by atoms with Crippen LogP contribution in [0.25, 0.3) is 0 Å². The van der Waals surface area contributed by atoms with Crippen molar-refractivity contribution in [2.45, 2.75) is 38.5 Å². The molecule has 0 aromatic rings. The third-order valence-electron chi connectivity index (χ3n) is 3.73. The molecule has 0 aromatic carbocycles. The Morgan fingerprint density at radius 1 is 0.909 bits per heavy atom. The van der Waals surface area contributed by atoms with Gasteiger partial charge in [0, 0.05) is 6.61 Å². The summed E-state index contributed by atoms with van der Waals surface area (Å²) in [5.41, 5.74) is 0. The molecule has 0 aliphatic heterocycles. The molecule has 2 unspecified atom stereocenters. The molecule has 2 atom stereocenters. The number of rotatable bonds is 1. The van der Waals surface area contributed by atoms with E-state index in [0.29, 0.717) is 12.5 Å². The highest BCUT2D eigenvalue weighted by atomic mass is 16.3. The first kappa shape index (κ1) is 7.60. The zero-order valence-electron chi connectivity index (χ0n) is 7.13. The highest BCUT2D eigenvalue weighted by Crippen LogP contribution is 2.44. The fourth-order valence-corrected chi connectivity index (χ4v) is 3.07. The van der Waals surface area contributed by atoms with E-state index in [1.165, 1.54) is 38.5 Å². The Hall–Kier alpha value is -0.0400. The molecule has 0 saturated heterocycles. The van der Waals surface area contributed by atoms with Crippen molar-refractivity contribution in [1.29, 1.82) is 0 Å². The zero-order chi connectivity index (χ0) is 7.68. The summed E-state index contributed by atoms with van der Waals surface area (Å²) in [5, 5.41) is 9.20. The van der Waals surface area contributed by atoms with Crippen LogP contribution < -0.4 is 0 Å². The van der Waals surface area contributed by atoms with Gasteiger partial charge in [-0.25, -0.2) is 0 Å². The molecule has 2 saturated carbocycles. The molecule has 0 amide bonds. The van der Waals surface area contributed by atoms with E-state index >= 15 is 0 Å². The van der Waals surface area contributed by atoms with Crippen LogP contribution in [0.3, 0.4) is 0 Å². The predicted octanol–water partition coefficient (Wildman–Crippen LogP) is 2.20. The minimum absolute atomic E-state index is 0.454. The molecule has 2 rings (SSSR count). The summed E-state index contributed by atoms with van der Waals surface area (Å²) in [7, 11) is 0. The summed E-state index contributed by atoms with van der Waals surface area (Å²) in [6, 6.07) is 0. The van der Waals surface area contributed by atoms with Crippen LogP contribution >= 0.6 is 0 Å². The smallest absolute Gasteiger partial charge is 0.0464 e. The van der Waals surface area contributed by atoms with Crippen LogP contribution in [0.5, 0.6) is 0 Å². The van der Waals surface area contributed by atoms with Crippen LogP contribution in [0.2, 0.25) is 0 Å². The molecular weight excluding hydrogens is 136 g/mol. The van der Waals surface area contributed by atoms with Gasteiger partial charge in [0.2, 0.25) is 0 Å². The summed E-state index contributed by atoms with van der Waals surface area (Å²) in [6.07, 6.45) is 8.41. The first-order valence-electron chi connectivity index (χ1n) is 5.02. The van der Waals surface area contributed by atoms with Crippen molar-refractivity contribution in [3.05, 3.63) is 0 Å². The van der Waals surface area contributed by atoms with Gasteiger partial charge in [-0.2, -0.15) is 0 Å². The second-order valence-electron chi connectivity index (χ2n) is 4.23. The largest absolute Gasteiger partial charge is 0.396 e. The van der Waals surface area contributed by atoms with Crippen molar-refractivity contribution in [2.24, 2.45) is 17.8 Å². The molecule has 11 heavy (non-hydrogen) atoms. The van der Waals surface area contributed by atoms with Crippen molar-refractivity contribution in [3.8, 4) is 0 Å². The number of hydrogen-bond acceptors (Lipinski definition) is 1. The van der Waals surface area contributed by atoms with E-state index in [1.54, 1.807) is 0 Å². The molecule has 2 aliphatic carbocycles. The first-order chi connectivity index (χ1) is 5.42. The van der Waals surface area contributed by atoms with E-state index in [9.17, 15) is 5.11 Å². The summed E-state index contributed by atoms with van der Waals surface area (Å²) in [5.74, 6) is 2.44.